The number of halogens is 1. The summed E-state index contributed by atoms with van der Waals surface area (Å²) in [5.41, 5.74) is 5.13. The second-order valence-corrected chi connectivity index (χ2v) is 5.01. The Morgan fingerprint density at radius 3 is 2.79 bits per heavy atom. The van der Waals surface area contributed by atoms with Gasteiger partial charge in [0.05, 0.1) is 16.2 Å². The molecule has 0 saturated heterocycles. The lowest BCUT2D eigenvalue weighted by Gasteiger charge is -2.11. The number of fused-ring (bicyclic) bond motifs is 1. The smallest absolute Gasteiger partial charge is 0.113 e. The van der Waals surface area contributed by atoms with Crippen LogP contribution in [0, 0.1) is 6.92 Å². The van der Waals surface area contributed by atoms with E-state index in [1.165, 1.54) is 5.56 Å². The van der Waals surface area contributed by atoms with Gasteiger partial charge >= 0.3 is 0 Å². The molecule has 0 saturated carbocycles. The molecule has 0 aliphatic carbocycles. The van der Waals surface area contributed by atoms with Crippen molar-refractivity contribution in [2.75, 3.05) is 0 Å². The van der Waals surface area contributed by atoms with Gasteiger partial charge in [-0.05, 0) is 42.7 Å². The van der Waals surface area contributed by atoms with Crippen LogP contribution in [0.2, 0.25) is 5.02 Å². The summed E-state index contributed by atoms with van der Waals surface area (Å²) in [5.74, 6) is 0. The summed E-state index contributed by atoms with van der Waals surface area (Å²) < 4.78 is 1.83. The number of rotatable bonds is 2. The molecule has 3 nitrogen and oxygen atoms in total. The van der Waals surface area contributed by atoms with Gasteiger partial charge in [0.25, 0.3) is 0 Å². The zero-order chi connectivity index (χ0) is 13.4. The van der Waals surface area contributed by atoms with Crippen LogP contribution in [0.5, 0.6) is 0 Å². The van der Waals surface area contributed by atoms with E-state index in [-0.39, 0.29) is 0 Å². The Morgan fingerprint density at radius 2 is 2.00 bits per heavy atom. The summed E-state index contributed by atoms with van der Waals surface area (Å²) in [6.07, 6.45) is 0.908. The third-order valence-corrected chi connectivity index (χ3v) is 3.52. The molecule has 0 atom stereocenters. The van der Waals surface area contributed by atoms with E-state index in [4.69, 9.17) is 11.6 Å². The summed E-state index contributed by atoms with van der Waals surface area (Å²) in [6, 6.07) is 12.0. The predicted octanol–water partition coefficient (Wildman–Crippen LogP) is 3.94. The van der Waals surface area contributed by atoms with Crippen molar-refractivity contribution in [1.29, 1.82) is 0 Å². The lowest BCUT2D eigenvalue weighted by atomic mass is 10.1. The molecule has 0 aliphatic rings. The van der Waals surface area contributed by atoms with Gasteiger partial charge in [0.15, 0.2) is 0 Å². The summed E-state index contributed by atoms with van der Waals surface area (Å²) in [7, 11) is 0. The second-order valence-electron chi connectivity index (χ2n) is 4.60. The van der Waals surface area contributed by atoms with E-state index in [0.717, 1.165) is 28.7 Å². The van der Waals surface area contributed by atoms with E-state index in [1.807, 2.05) is 41.9 Å². The maximum absolute atomic E-state index is 6.42. The van der Waals surface area contributed by atoms with Crippen LogP contribution in [-0.2, 0) is 6.42 Å². The van der Waals surface area contributed by atoms with Gasteiger partial charge in [-0.25, -0.2) is 4.68 Å². The number of benzene rings is 2. The SMILES string of the molecule is CCc1cc(C)cc(Cl)c1-n1nnc2ccccc21. The number of hydrogen-bond acceptors (Lipinski definition) is 2. The fourth-order valence-electron chi connectivity index (χ4n) is 2.35. The molecule has 19 heavy (non-hydrogen) atoms. The first-order chi connectivity index (χ1) is 9.20. The van der Waals surface area contributed by atoms with Gasteiger partial charge in [-0.3, -0.25) is 0 Å². The van der Waals surface area contributed by atoms with Gasteiger partial charge in [0.1, 0.15) is 5.52 Å². The Labute approximate surface area is 116 Å². The van der Waals surface area contributed by atoms with Crippen LogP contribution in [0.25, 0.3) is 16.7 Å². The van der Waals surface area contributed by atoms with Crippen LogP contribution in [0.3, 0.4) is 0 Å². The highest BCUT2D eigenvalue weighted by atomic mass is 35.5. The molecule has 0 N–H and O–H groups in total. The fourth-order valence-corrected chi connectivity index (χ4v) is 2.72. The molecule has 2 aromatic carbocycles. The molecular formula is C15H14ClN3. The van der Waals surface area contributed by atoms with E-state index in [1.54, 1.807) is 0 Å². The number of aromatic nitrogens is 3. The number of nitrogens with zero attached hydrogens (tertiary/aromatic N) is 3. The summed E-state index contributed by atoms with van der Waals surface area (Å²) in [5, 5.41) is 9.15. The highest BCUT2D eigenvalue weighted by molar-refractivity contribution is 6.32. The zero-order valence-electron chi connectivity index (χ0n) is 10.9. The molecule has 0 unspecified atom stereocenters. The van der Waals surface area contributed by atoms with Gasteiger partial charge in [-0.2, -0.15) is 0 Å². The predicted molar refractivity (Wildman–Crippen MR) is 78.0 cm³/mol. The molecule has 3 aromatic rings. The van der Waals surface area contributed by atoms with Gasteiger partial charge in [-0.15, -0.1) is 5.10 Å². The van der Waals surface area contributed by atoms with E-state index in [0.29, 0.717) is 5.02 Å². The van der Waals surface area contributed by atoms with Crippen molar-refractivity contribution < 1.29 is 0 Å². The highest BCUT2D eigenvalue weighted by Gasteiger charge is 2.13. The van der Waals surface area contributed by atoms with Crippen LogP contribution >= 0.6 is 11.6 Å². The van der Waals surface area contributed by atoms with Crippen molar-refractivity contribution in [3.05, 3.63) is 52.5 Å². The molecule has 1 heterocycles. The van der Waals surface area contributed by atoms with Crippen molar-refractivity contribution in [2.24, 2.45) is 0 Å². The minimum Gasteiger partial charge on any atom is -0.211 e. The molecule has 0 radical (unpaired) electrons. The Hall–Kier alpha value is -1.87. The van der Waals surface area contributed by atoms with Crippen molar-refractivity contribution in [3.8, 4) is 5.69 Å². The van der Waals surface area contributed by atoms with Crippen molar-refractivity contribution in [2.45, 2.75) is 20.3 Å². The lowest BCUT2D eigenvalue weighted by molar-refractivity contribution is 0.813. The second kappa shape index (κ2) is 4.67. The van der Waals surface area contributed by atoms with Gasteiger partial charge in [0, 0.05) is 0 Å². The molecule has 1 aromatic heterocycles. The largest absolute Gasteiger partial charge is 0.211 e. The van der Waals surface area contributed by atoms with Crippen molar-refractivity contribution >= 4 is 22.6 Å². The standard InChI is InChI=1S/C15H14ClN3/c1-3-11-8-10(2)9-12(16)15(11)19-14-7-5-4-6-13(14)17-18-19/h4-9H,3H2,1-2H3. The summed E-state index contributed by atoms with van der Waals surface area (Å²) in [4.78, 5) is 0. The monoisotopic (exact) mass is 271 g/mol. The average Bonchev–Trinajstić information content (AvgIpc) is 2.81. The molecular weight excluding hydrogens is 258 g/mol. The Balaban J connectivity index is 2.33. The molecule has 0 aliphatic heterocycles. The topological polar surface area (TPSA) is 30.7 Å². The number of aryl methyl sites for hydroxylation is 2. The molecule has 0 amide bonds. The van der Waals surface area contributed by atoms with Crippen LogP contribution in [0.15, 0.2) is 36.4 Å². The molecule has 4 heteroatoms. The maximum atomic E-state index is 6.42. The van der Waals surface area contributed by atoms with Crippen LogP contribution in [0.4, 0.5) is 0 Å². The summed E-state index contributed by atoms with van der Waals surface area (Å²) >= 11 is 6.42. The first kappa shape index (κ1) is 12.2. The van der Waals surface area contributed by atoms with Gasteiger partial charge in [0.2, 0.25) is 0 Å². The molecule has 0 bridgehead atoms. The fraction of sp³-hybridized carbons (Fsp3) is 0.200. The molecule has 3 rings (SSSR count). The van der Waals surface area contributed by atoms with Gasteiger partial charge < -0.3 is 0 Å². The van der Waals surface area contributed by atoms with Crippen molar-refractivity contribution in [3.63, 3.8) is 0 Å². The highest BCUT2D eigenvalue weighted by Crippen LogP contribution is 2.28. The summed E-state index contributed by atoms with van der Waals surface area (Å²) in [6.45, 7) is 4.17. The van der Waals surface area contributed by atoms with E-state index in [9.17, 15) is 0 Å². The van der Waals surface area contributed by atoms with E-state index < -0.39 is 0 Å². The van der Waals surface area contributed by atoms with E-state index in [2.05, 4.69) is 23.3 Å². The Kier molecular flexibility index (Phi) is 2.99. The maximum Gasteiger partial charge on any atom is 0.113 e. The van der Waals surface area contributed by atoms with Crippen molar-refractivity contribution in [1.82, 2.24) is 15.0 Å². The minimum atomic E-state index is 0.715. The zero-order valence-corrected chi connectivity index (χ0v) is 11.6. The molecule has 0 spiro atoms. The molecule has 96 valence electrons. The Bertz CT molecular complexity index is 746. The third-order valence-electron chi connectivity index (χ3n) is 3.23. The minimum absolute atomic E-state index is 0.715. The van der Waals surface area contributed by atoms with Gasteiger partial charge in [-0.1, -0.05) is 41.9 Å². The van der Waals surface area contributed by atoms with Crippen LogP contribution < -0.4 is 0 Å². The Morgan fingerprint density at radius 1 is 1.21 bits per heavy atom. The van der Waals surface area contributed by atoms with Crippen LogP contribution in [0.1, 0.15) is 18.1 Å². The number of para-hydroxylation sites is 1. The number of hydrogen-bond donors (Lipinski definition) is 0. The van der Waals surface area contributed by atoms with Crippen LogP contribution in [-0.4, -0.2) is 15.0 Å². The molecule has 0 fully saturated rings. The lowest BCUT2D eigenvalue weighted by Crippen LogP contribution is -2.03. The average molecular weight is 272 g/mol. The quantitative estimate of drug-likeness (QED) is 0.707. The normalized spacial score (nSPS) is 11.1. The first-order valence-corrected chi connectivity index (χ1v) is 6.68. The first-order valence-electron chi connectivity index (χ1n) is 6.30. The third kappa shape index (κ3) is 2.00. The van der Waals surface area contributed by atoms with E-state index >= 15 is 0 Å².